The summed E-state index contributed by atoms with van der Waals surface area (Å²) in [5, 5.41) is 5.84. The van der Waals surface area contributed by atoms with Gasteiger partial charge in [0.15, 0.2) is 0 Å². The van der Waals surface area contributed by atoms with Gasteiger partial charge in [-0.2, -0.15) is 0 Å². The second-order valence-corrected chi connectivity index (χ2v) is 7.57. The van der Waals surface area contributed by atoms with Crippen LogP contribution in [0.25, 0.3) is 0 Å². The predicted molar refractivity (Wildman–Crippen MR) is 83.7 cm³/mol. The zero-order valence-electron chi connectivity index (χ0n) is 13.1. The smallest absolute Gasteiger partial charge is 0.244 e. The number of sulfonamides is 1. The van der Waals surface area contributed by atoms with Crippen molar-refractivity contribution < 1.29 is 13.2 Å². The van der Waals surface area contributed by atoms with Crippen molar-refractivity contribution in [1.29, 1.82) is 0 Å². The number of nitrogens with one attached hydrogen (secondary N) is 2. The largest absolute Gasteiger partial charge is 0.325 e. The number of carbonyl (C=O) groups is 1. The molecule has 118 valence electrons. The van der Waals surface area contributed by atoms with E-state index >= 15 is 0 Å². The van der Waals surface area contributed by atoms with Crippen molar-refractivity contribution in [3.8, 4) is 0 Å². The third kappa shape index (κ3) is 4.26. The van der Waals surface area contributed by atoms with E-state index in [0.29, 0.717) is 12.2 Å². The van der Waals surface area contributed by atoms with Gasteiger partial charge in [-0.25, -0.2) is 12.7 Å². The number of anilines is 1. The Morgan fingerprint density at radius 2 is 1.71 bits per heavy atom. The molecule has 0 atom stereocenters. The zero-order chi connectivity index (χ0) is 16.3. The number of likely N-dealkylation sites (N-methyl/N-ethyl adjacent to an activating group) is 1. The van der Waals surface area contributed by atoms with Crippen LogP contribution in [-0.2, 0) is 14.8 Å². The van der Waals surface area contributed by atoms with Crippen LogP contribution in [0.2, 0.25) is 0 Å². The molecule has 2 N–H and O–H groups in total. The Bertz CT molecular complexity index is 592. The van der Waals surface area contributed by atoms with Gasteiger partial charge in [0, 0.05) is 19.8 Å². The lowest BCUT2D eigenvalue weighted by atomic mass is 10.0. The van der Waals surface area contributed by atoms with E-state index < -0.39 is 15.6 Å². The summed E-state index contributed by atoms with van der Waals surface area (Å²) in [5.74, 6) is -0.174. The Morgan fingerprint density at radius 3 is 2.14 bits per heavy atom. The molecule has 0 aliphatic heterocycles. The Labute approximate surface area is 126 Å². The predicted octanol–water partition coefficient (Wildman–Crippen LogP) is 1.26. The summed E-state index contributed by atoms with van der Waals surface area (Å²) in [5.41, 5.74) is -0.132. The first-order valence-corrected chi connectivity index (χ1v) is 8.14. The SMILES string of the molecule is CCNC(C)(C)C(=O)Nc1ccc(S(=O)(=O)N(C)C)cc1. The molecule has 1 amide bonds. The zero-order valence-corrected chi connectivity index (χ0v) is 13.9. The lowest BCUT2D eigenvalue weighted by molar-refractivity contribution is -0.121. The molecule has 0 radical (unpaired) electrons. The fourth-order valence-corrected chi connectivity index (χ4v) is 2.63. The fourth-order valence-electron chi connectivity index (χ4n) is 1.73. The molecule has 1 aromatic rings. The molecule has 21 heavy (non-hydrogen) atoms. The van der Waals surface area contributed by atoms with Crippen LogP contribution in [0.3, 0.4) is 0 Å². The van der Waals surface area contributed by atoms with E-state index in [4.69, 9.17) is 0 Å². The van der Waals surface area contributed by atoms with Crippen molar-refractivity contribution in [3.63, 3.8) is 0 Å². The molecule has 6 nitrogen and oxygen atoms in total. The van der Waals surface area contributed by atoms with Crippen molar-refractivity contribution >= 4 is 21.6 Å². The second-order valence-electron chi connectivity index (χ2n) is 5.42. The van der Waals surface area contributed by atoms with Gasteiger partial charge >= 0.3 is 0 Å². The fraction of sp³-hybridized carbons (Fsp3) is 0.500. The Hall–Kier alpha value is -1.44. The normalized spacial score (nSPS) is 12.5. The summed E-state index contributed by atoms with van der Waals surface area (Å²) in [6, 6.07) is 6.11. The molecule has 0 aromatic heterocycles. The second kappa shape index (κ2) is 6.55. The van der Waals surface area contributed by atoms with Gasteiger partial charge in [0.25, 0.3) is 0 Å². The molecule has 0 spiro atoms. The van der Waals surface area contributed by atoms with Gasteiger partial charge in [-0.3, -0.25) is 4.79 Å². The molecule has 0 aliphatic rings. The average molecular weight is 313 g/mol. The molecule has 0 saturated carbocycles. The minimum atomic E-state index is -3.45. The van der Waals surface area contributed by atoms with Crippen LogP contribution in [0, 0.1) is 0 Å². The van der Waals surface area contributed by atoms with Gasteiger partial charge in [-0.1, -0.05) is 6.92 Å². The molecular formula is C14H23N3O3S. The van der Waals surface area contributed by atoms with Gasteiger partial charge in [-0.15, -0.1) is 0 Å². The number of hydrogen-bond acceptors (Lipinski definition) is 4. The van der Waals surface area contributed by atoms with Crippen LogP contribution >= 0.6 is 0 Å². The van der Waals surface area contributed by atoms with Crippen LogP contribution in [0.5, 0.6) is 0 Å². The van der Waals surface area contributed by atoms with Crippen LogP contribution in [-0.4, -0.2) is 44.8 Å². The van der Waals surface area contributed by atoms with Crippen LogP contribution in [0.1, 0.15) is 20.8 Å². The van der Waals surface area contributed by atoms with Crippen molar-refractivity contribution in [2.45, 2.75) is 31.2 Å². The van der Waals surface area contributed by atoms with Crippen LogP contribution in [0.4, 0.5) is 5.69 Å². The molecular weight excluding hydrogens is 290 g/mol. The van der Waals surface area contributed by atoms with E-state index in [2.05, 4.69) is 10.6 Å². The first-order valence-electron chi connectivity index (χ1n) is 6.70. The summed E-state index contributed by atoms with van der Waals surface area (Å²) in [6.45, 7) is 6.18. The molecule has 0 bridgehead atoms. The van der Waals surface area contributed by atoms with Crippen LogP contribution < -0.4 is 10.6 Å². The van der Waals surface area contributed by atoms with E-state index in [1.807, 2.05) is 6.92 Å². The van der Waals surface area contributed by atoms with E-state index in [-0.39, 0.29) is 10.8 Å². The maximum Gasteiger partial charge on any atom is 0.244 e. The quantitative estimate of drug-likeness (QED) is 0.829. The third-order valence-corrected chi connectivity index (χ3v) is 4.91. The average Bonchev–Trinajstić information content (AvgIpc) is 2.39. The van der Waals surface area contributed by atoms with Crippen LogP contribution in [0.15, 0.2) is 29.2 Å². The van der Waals surface area contributed by atoms with Crippen molar-refractivity contribution in [2.24, 2.45) is 0 Å². The molecule has 1 rings (SSSR count). The Kier molecular flexibility index (Phi) is 5.49. The van der Waals surface area contributed by atoms with Gasteiger partial charge in [-0.05, 0) is 44.7 Å². The van der Waals surface area contributed by atoms with E-state index in [0.717, 1.165) is 4.31 Å². The highest BCUT2D eigenvalue weighted by Crippen LogP contribution is 2.17. The maximum atomic E-state index is 12.1. The number of hydrogen-bond donors (Lipinski definition) is 2. The van der Waals surface area contributed by atoms with E-state index in [1.165, 1.54) is 26.2 Å². The summed E-state index contributed by atoms with van der Waals surface area (Å²) in [6.07, 6.45) is 0. The number of benzene rings is 1. The molecule has 0 unspecified atom stereocenters. The standard InChI is InChI=1S/C14H23N3O3S/c1-6-15-14(2,3)13(18)16-11-7-9-12(10-8-11)21(19,20)17(4)5/h7-10,15H,6H2,1-5H3,(H,16,18). The number of rotatable bonds is 6. The number of amides is 1. The Balaban J connectivity index is 2.88. The van der Waals surface area contributed by atoms with Gasteiger partial charge in [0.1, 0.15) is 0 Å². The third-order valence-electron chi connectivity index (χ3n) is 3.08. The minimum Gasteiger partial charge on any atom is -0.325 e. The lowest BCUT2D eigenvalue weighted by Gasteiger charge is -2.24. The summed E-state index contributed by atoms with van der Waals surface area (Å²) < 4.78 is 25.0. The molecule has 1 aromatic carbocycles. The summed E-state index contributed by atoms with van der Waals surface area (Å²) in [7, 11) is -0.499. The maximum absolute atomic E-state index is 12.1. The van der Waals surface area contributed by atoms with Crippen molar-refractivity contribution in [1.82, 2.24) is 9.62 Å². The molecule has 7 heteroatoms. The number of carbonyl (C=O) groups excluding carboxylic acids is 1. The molecule has 0 heterocycles. The van der Waals surface area contributed by atoms with E-state index in [9.17, 15) is 13.2 Å². The molecule has 0 saturated heterocycles. The van der Waals surface area contributed by atoms with E-state index in [1.54, 1.807) is 26.0 Å². The van der Waals surface area contributed by atoms with Gasteiger partial charge in [0.05, 0.1) is 10.4 Å². The number of nitrogens with zero attached hydrogens (tertiary/aromatic N) is 1. The van der Waals surface area contributed by atoms with Gasteiger partial charge < -0.3 is 10.6 Å². The Morgan fingerprint density at radius 1 is 1.19 bits per heavy atom. The molecule has 0 aliphatic carbocycles. The molecule has 0 fully saturated rings. The first-order chi connectivity index (χ1) is 9.61. The van der Waals surface area contributed by atoms with Crippen molar-refractivity contribution in [2.75, 3.05) is 26.0 Å². The van der Waals surface area contributed by atoms with Gasteiger partial charge in [0.2, 0.25) is 15.9 Å². The highest BCUT2D eigenvalue weighted by Gasteiger charge is 2.26. The monoisotopic (exact) mass is 313 g/mol. The summed E-state index contributed by atoms with van der Waals surface area (Å²) in [4.78, 5) is 12.3. The topological polar surface area (TPSA) is 78.5 Å². The highest BCUT2D eigenvalue weighted by molar-refractivity contribution is 7.89. The summed E-state index contributed by atoms with van der Waals surface area (Å²) >= 11 is 0. The minimum absolute atomic E-state index is 0.174. The highest BCUT2D eigenvalue weighted by atomic mass is 32.2. The first kappa shape index (κ1) is 17.6. The van der Waals surface area contributed by atoms with Crippen molar-refractivity contribution in [3.05, 3.63) is 24.3 Å². The lowest BCUT2D eigenvalue weighted by Crippen LogP contribution is -2.49.